The Bertz CT molecular complexity index is 1000. The van der Waals surface area contributed by atoms with Gasteiger partial charge in [0.1, 0.15) is 5.75 Å². The molecule has 0 aliphatic carbocycles. The number of esters is 1. The molecule has 0 amide bonds. The maximum Gasteiger partial charge on any atom is 0.490 e. The van der Waals surface area contributed by atoms with Gasteiger partial charge in [0.15, 0.2) is 0 Å². The second kappa shape index (κ2) is 15.4. The predicted octanol–water partition coefficient (Wildman–Crippen LogP) is 4.72. The third-order valence-corrected chi connectivity index (χ3v) is 4.57. The topological polar surface area (TPSA) is 142 Å². The van der Waals surface area contributed by atoms with Crippen LogP contribution in [0.2, 0.25) is 0 Å². The number of alkyl halides is 3. The van der Waals surface area contributed by atoms with Crippen LogP contribution in [0.25, 0.3) is 10.9 Å². The van der Waals surface area contributed by atoms with Crippen molar-refractivity contribution >= 4 is 35.0 Å². The van der Waals surface area contributed by atoms with Crippen LogP contribution in [0.1, 0.15) is 64.4 Å². The summed E-state index contributed by atoms with van der Waals surface area (Å²) in [6, 6.07) is 5.52. The first-order chi connectivity index (χ1) is 16.6. The first-order valence-electron chi connectivity index (χ1n) is 11.3. The molecule has 194 valence electrons. The minimum Gasteiger partial charge on any atom is -0.475 e. The van der Waals surface area contributed by atoms with Crippen molar-refractivity contribution in [2.75, 3.05) is 6.54 Å². The lowest BCUT2D eigenvalue weighted by molar-refractivity contribution is -0.192. The molecule has 1 heterocycles. The van der Waals surface area contributed by atoms with Crippen molar-refractivity contribution in [2.24, 2.45) is 15.8 Å². The third kappa shape index (κ3) is 11.9. The van der Waals surface area contributed by atoms with E-state index in [2.05, 4.69) is 34.4 Å². The van der Waals surface area contributed by atoms with Crippen molar-refractivity contribution in [1.29, 1.82) is 0 Å². The van der Waals surface area contributed by atoms with Crippen molar-refractivity contribution in [1.82, 2.24) is 10.4 Å². The highest BCUT2D eigenvalue weighted by Gasteiger charge is 2.38. The number of carbonyl (C=O) groups excluding carboxylic acids is 1. The van der Waals surface area contributed by atoms with Crippen LogP contribution < -0.4 is 15.9 Å². The molecule has 2 rings (SSSR count). The number of guanidine groups is 1. The highest BCUT2D eigenvalue weighted by Crippen LogP contribution is 2.23. The molecule has 0 radical (unpaired) electrons. The van der Waals surface area contributed by atoms with Gasteiger partial charge < -0.3 is 20.6 Å². The number of halogens is 3. The number of aromatic amines is 1. The molecule has 0 atom stereocenters. The van der Waals surface area contributed by atoms with Crippen LogP contribution in [0, 0.1) is 0 Å². The van der Waals surface area contributed by atoms with Crippen molar-refractivity contribution in [3.05, 3.63) is 30.0 Å². The van der Waals surface area contributed by atoms with Gasteiger partial charge in [0, 0.05) is 35.6 Å². The molecule has 1 aromatic carbocycles. The Morgan fingerprint density at radius 3 is 2.46 bits per heavy atom. The Kier molecular flexibility index (Phi) is 12.9. The molecule has 5 N–H and O–H groups in total. The molecule has 35 heavy (non-hydrogen) atoms. The zero-order valence-corrected chi connectivity index (χ0v) is 19.8. The monoisotopic (exact) mass is 499 g/mol. The van der Waals surface area contributed by atoms with Gasteiger partial charge in [0.25, 0.3) is 0 Å². The number of carboxylic acid groups (broad SMARTS) is 1. The van der Waals surface area contributed by atoms with Crippen LogP contribution in [0.5, 0.6) is 5.75 Å². The molecular weight excluding hydrogens is 467 g/mol. The van der Waals surface area contributed by atoms with Gasteiger partial charge in [-0.05, 0) is 31.0 Å². The molecule has 9 nitrogen and oxygen atoms in total. The average Bonchev–Trinajstić information content (AvgIpc) is 3.19. The van der Waals surface area contributed by atoms with E-state index in [-0.39, 0.29) is 5.97 Å². The fourth-order valence-electron chi connectivity index (χ4n) is 2.76. The zero-order valence-electron chi connectivity index (χ0n) is 19.8. The van der Waals surface area contributed by atoms with Gasteiger partial charge >= 0.3 is 18.1 Å². The largest absolute Gasteiger partial charge is 0.490 e. The smallest absolute Gasteiger partial charge is 0.475 e. The maximum atomic E-state index is 11.9. The number of rotatable bonds is 11. The molecule has 0 saturated carbocycles. The summed E-state index contributed by atoms with van der Waals surface area (Å²) in [6.07, 6.45) is 5.14. The predicted molar refractivity (Wildman–Crippen MR) is 129 cm³/mol. The minimum absolute atomic E-state index is 0.202. The van der Waals surface area contributed by atoms with Crippen LogP contribution >= 0.6 is 0 Å². The summed E-state index contributed by atoms with van der Waals surface area (Å²) in [7, 11) is 0. The van der Waals surface area contributed by atoms with E-state index in [1.807, 2.05) is 18.3 Å². The summed E-state index contributed by atoms with van der Waals surface area (Å²) in [4.78, 5) is 28.2. The van der Waals surface area contributed by atoms with E-state index >= 15 is 0 Å². The lowest BCUT2D eigenvalue weighted by Gasteiger charge is -2.04. The number of hydrogen-bond acceptors (Lipinski definition) is 5. The number of nitrogens with one attached hydrogen (secondary N) is 2. The number of hydrazone groups is 1. The normalized spacial score (nSPS) is 11.9. The molecule has 2 aromatic rings. The Hall–Kier alpha value is -3.57. The lowest BCUT2D eigenvalue weighted by Crippen LogP contribution is -2.27. The summed E-state index contributed by atoms with van der Waals surface area (Å²) in [6.45, 7) is 4.95. The lowest BCUT2D eigenvalue weighted by atomic mass is 10.2. The Morgan fingerprint density at radius 1 is 1.17 bits per heavy atom. The number of ether oxygens (including phenoxy) is 1. The number of H-pyrrole nitrogens is 1. The Balaban J connectivity index is 0.000000762. The van der Waals surface area contributed by atoms with Gasteiger partial charge in [-0.15, -0.1) is 0 Å². The van der Waals surface area contributed by atoms with Crippen LogP contribution in [-0.4, -0.2) is 46.9 Å². The molecule has 0 aliphatic heterocycles. The maximum absolute atomic E-state index is 11.9. The molecule has 0 saturated heterocycles. The van der Waals surface area contributed by atoms with E-state index in [0.717, 1.165) is 55.0 Å². The summed E-state index contributed by atoms with van der Waals surface area (Å²) in [5.74, 6) is -2.12. The summed E-state index contributed by atoms with van der Waals surface area (Å²) in [5.41, 5.74) is 10.3. The van der Waals surface area contributed by atoms with E-state index in [4.69, 9.17) is 20.4 Å². The number of aliphatic imine (C=N–C) groups is 1. The fraction of sp³-hybridized carbons (Fsp3) is 0.478. The second-order valence-electron chi connectivity index (χ2n) is 7.53. The molecular formula is C23H32F3N5O4. The molecule has 0 spiro atoms. The molecule has 12 heteroatoms. The first kappa shape index (κ1) is 29.5. The average molecular weight is 500 g/mol. The highest BCUT2D eigenvalue weighted by molar-refractivity contribution is 6.00. The Morgan fingerprint density at radius 2 is 1.83 bits per heavy atom. The number of hydrogen-bond donors (Lipinski definition) is 4. The van der Waals surface area contributed by atoms with Crippen LogP contribution in [0.4, 0.5) is 13.2 Å². The molecule has 0 bridgehead atoms. The SMILES string of the molecule is CCCCCN=C(N)NN=Cc1c[nH]c2ccc(OC(=O)CCCCC)cc12.O=C(O)C(F)(F)F. The zero-order chi connectivity index (χ0) is 26.3. The van der Waals surface area contributed by atoms with Crippen LogP contribution in [0.15, 0.2) is 34.5 Å². The number of fused-ring (bicyclic) bond motifs is 1. The van der Waals surface area contributed by atoms with Gasteiger partial charge in [-0.2, -0.15) is 18.3 Å². The highest BCUT2D eigenvalue weighted by atomic mass is 19.4. The number of nitrogens with two attached hydrogens (primary N) is 1. The molecule has 0 aliphatic rings. The molecule has 0 unspecified atom stereocenters. The minimum atomic E-state index is -5.08. The number of aromatic nitrogens is 1. The number of nitrogens with zero attached hydrogens (tertiary/aromatic N) is 2. The summed E-state index contributed by atoms with van der Waals surface area (Å²) < 4.78 is 37.2. The third-order valence-electron chi connectivity index (χ3n) is 4.57. The van der Waals surface area contributed by atoms with Crippen LogP contribution in [-0.2, 0) is 9.59 Å². The number of aliphatic carboxylic acids is 1. The van der Waals surface area contributed by atoms with E-state index in [1.165, 1.54) is 0 Å². The second-order valence-corrected chi connectivity index (χ2v) is 7.53. The van der Waals surface area contributed by atoms with Crippen molar-refractivity contribution in [3.8, 4) is 5.75 Å². The summed E-state index contributed by atoms with van der Waals surface area (Å²) >= 11 is 0. The fourth-order valence-corrected chi connectivity index (χ4v) is 2.76. The Labute approximate surface area is 201 Å². The van der Waals surface area contributed by atoms with E-state index < -0.39 is 12.1 Å². The first-order valence-corrected chi connectivity index (χ1v) is 11.3. The van der Waals surface area contributed by atoms with Gasteiger partial charge in [-0.1, -0.05) is 39.5 Å². The quantitative estimate of drug-likeness (QED) is 0.0880. The van der Waals surface area contributed by atoms with Gasteiger partial charge in [-0.3, -0.25) is 9.79 Å². The number of carbonyl (C=O) groups is 2. The summed E-state index contributed by atoms with van der Waals surface area (Å²) in [5, 5.41) is 12.2. The van der Waals surface area contributed by atoms with Gasteiger partial charge in [0.05, 0.1) is 6.21 Å². The van der Waals surface area contributed by atoms with E-state index in [1.54, 1.807) is 12.3 Å². The van der Waals surface area contributed by atoms with Crippen molar-refractivity contribution in [2.45, 2.75) is 65.0 Å². The van der Waals surface area contributed by atoms with Crippen molar-refractivity contribution < 1.29 is 32.6 Å². The van der Waals surface area contributed by atoms with Gasteiger partial charge in [0.2, 0.25) is 5.96 Å². The van der Waals surface area contributed by atoms with Crippen LogP contribution in [0.3, 0.4) is 0 Å². The number of benzene rings is 1. The standard InChI is InChI=1S/C21H31N5O2.C2HF3O2/c1-3-5-7-9-20(27)28-17-10-11-19-18(13-17)16(14-24-19)15-25-26-21(22)23-12-8-6-4-2;3-2(4,5)1(6)7/h10-11,13-15,24H,3-9,12H2,1-2H3,(H3,22,23,26);(H,6,7). The number of carboxylic acids is 1. The molecule has 0 fully saturated rings. The van der Waals surface area contributed by atoms with Gasteiger partial charge in [-0.25, -0.2) is 10.2 Å². The van der Waals surface area contributed by atoms with E-state index in [0.29, 0.717) is 24.7 Å². The molecule has 1 aromatic heterocycles. The van der Waals surface area contributed by atoms with E-state index in [9.17, 15) is 18.0 Å². The van der Waals surface area contributed by atoms with Crippen molar-refractivity contribution in [3.63, 3.8) is 0 Å². The number of unbranched alkanes of at least 4 members (excludes halogenated alkanes) is 4.